The average molecular weight is 530 g/mol. The lowest BCUT2D eigenvalue weighted by atomic mass is 10.1. The maximum Gasteiger partial charge on any atom is 0.0965 e. The summed E-state index contributed by atoms with van der Waals surface area (Å²) >= 11 is 10.6. The molecule has 0 atom stereocenters. The predicted molar refractivity (Wildman–Crippen MR) is 129 cm³/mol. The van der Waals surface area contributed by atoms with Gasteiger partial charge in [0, 0.05) is 44.0 Å². The molecule has 0 unspecified atom stereocenters. The minimum atomic E-state index is 0.949. The fraction of sp³-hybridized carbons (Fsp3) is 0.0909. The Balaban J connectivity index is 1.66. The van der Waals surface area contributed by atoms with Gasteiger partial charge in [-0.2, -0.15) is 0 Å². The van der Waals surface area contributed by atoms with Crippen molar-refractivity contribution in [2.24, 2.45) is 0 Å². The van der Waals surface area contributed by atoms with E-state index in [0.717, 1.165) is 40.5 Å². The lowest BCUT2D eigenvalue weighted by Gasteiger charge is -2.07. The number of nitrogens with zero attached hydrogens (tertiary/aromatic N) is 2. The van der Waals surface area contributed by atoms with Crippen LogP contribution in [0.2, 0.25) is 0 Å². The second-order valence-electron chi connectivity index (χ2n) is 6.78. The molecule has 0 spiro atoms. The van der Waals surface area contributed by atoms with Gasteiger partial charge in [0.25, 0.3) is 0 Å². The van der Waals surface area contributed by atoms with Crippen LogP contribution >= 0.6 is 54.5 Å². The number of halogens is 2. The molecule has 0 fully saturated rings. The quantitative estimate of drug-likeness (QED) is 0.214. The first-order chi connectivity index (χ1) is 13.5. The number of hydrogen-bond acceptors (Lipinski definition) is 4. The van der Waals surface area contributed by atoms with Crippen LogP contribution in [0, 0.1) is 13.8 Å². The van der Waals surface area contributed by atoms with E-state index < -0.39 is 0 Å². The zero-order valence-corrected chi connectivity index (χ0v) is 19.9. The number of hydrogen-bond donors (Lipinski definition) is 0. The van der Waals surface area contributed by atoms with E-state index in [-0.39, 0.29) is 0 Å². The lowest BCUT2D eigenvalue weighted by molar-refractivity contribution is 1.37. The molecule has 4 heterocycles. The number of rotatable bonds is 2. The number of pyridine rings is 2. The van der Waals surface area contributed by atoms with Gasteiger partial charge in [-0.3, -0.25) is 9.97 Å². The smallest absolute Gasteiger partial charge is 0.0965 e. The fourth-order valence-electron chi connectivity index (χ4n) is 3.50. The summed E-state index contributed by atoms with van der Waals surface area (Å²) in [4.78, 5) is 12.1. The molecular weight excluding hydrogens is 516 g/mol. The fourth-order valence-corrected chi connectivity index (χ4v) is 6.92. The Labute approximate surface area is 187 Å². The van der Waals surface area contributed by atoms with Gasteiger partial charge in [0.2, 0.25) is 0 Å². The maximum absolute atomic E-state index is 4.78. The van der Waals surface area contributed by atoms with Crippen LogP contribution in [-0.4, -0.2) is 9.97 Å². The summed E-state index contributed by atoms with van der Waals surface area (Å²) in [5.74, 6) is 0. The number of fused-ring (bicyclic) bond motifs is 3. The molecule has 0 amide bonds. The van der Waals surface area contributed by atoms with E-state index in [9.17, 15) is 0 Å². The van der Waals surface area contributed by atoms with E-state index in [4.69, 9.17) is 9.97 Å². The Hall–Kier alpha value is -1.60. The number of aryl methyl sites for hydroxylation is 2. The van der Waals surface area contributed by atoms with Crippen molar-refractivity contribution in [3.63, 3.8) is 0 Å². The second kappa shape index (κ2) is 7.02. The molecule has 4 aromatic heterocycles. The molecular formula is C22H14Br2N2S2. The Morgan fingerprint density at radius 2 is 1.11 bits per heavy atom. The summed E-state index contributed by atoms with van der Waals surface area (Å²) in [6, 6.07) is 13.0. The van der Waals surface area contributed by atoms with Gasteiger partial charge in [-0.15, -0.1) is 22.7 Å². The van der Waals surface area contributed by atoms with Gasteiger partial charge >= 0.3 is 0 Å². The molecule has 0 saturated carbocycles. The molecule has 0 saturated heterocycles. The first-order valence-electron chi connectivity index (χ1n) is 8.71. The van der Waals surface area contributed by atoms with E-state index >= 15 is 0 Å². The number of benzene rings is 1. The third-order valence-electron chi connectivity index (χ3n) is 4.80. The third kappa shape index (κ3) is 3.12. The van der Waals surface area contributed by atoms with Crippen LogP contribution in [0.3, 0.4) is 0 Å². The van der Waals surface area contributed by atoms with Crippen LogP contribution in [0.5, 0.6) is 0 Å². The van der Waals surface area contributed by atoms with Gasteiger partial charge in [-0.25, -0.2) is 0 Å². The number of aromatic nitrogens is 2. The van der Waals surface area contributed by atoms with Gasteiger partial charge in [0.1, 0.15) is 0 Å². The van der Waals surface area contributed by atoms with Gasteiger partial charge < -0.3 is 0 Å². The molecule has 28 heavy (non-hydrogen) atoms. The molecule has 0 N–H and O–H groups in total. The molecule has 1 aromatic carbocycles. The topological polar surface area (TPSA) is 25.8 Å². The maximum atomic E-state index is 4.78. The summed E-state index contributed by atoms with van der Waals surface area (Å²) < 4.78 is 2.28. The molecule has 0 aliphatic rings. The summed E-state index contributed by atoms with van der Waals surface area (Å²) in [5.41, 5.74) is 6.72. The molecule has 5 aromatic rings. The van der Waals surface area contributed by atoms with Crippen molar-refractivity contribution in [3.05, 3.63) is 67.5 Å². The third-order valence-corrected chi connectivity index (χ3v) is 8.38. The predicted octanol–water partition coefficient (Wildman–Crippen LogP) is 8.38. The first kappa shape index (κ1) is 18.4. The van der Waals surface area contributed by atoms with E-state index in [1.165, 1.54) is 20.9 Å². The standard InChI is InChI=1S/C22H14Br2N2S2/c1-11-5-17(23)27-21(11)15-7-13-3-4-14-8-16(22-12(2)6-18(24)28-22)10-26-20(14)19(13)25-9-15/h3-10H,1-2H3. The normalized spacial score (nSPS) is 11.6. The molecule has 6 heteroatoms. The SMILES string of the molecule is Cc1cc(Br)sc1-c1cnc2c(ccc3cc(-c4sc(Br)cc4C)cnc32)c1. The van der Waals surface area contributed by atoms with Crippen LogP contribution in [0.25, 0.3) is 42.7 Å². The molecule has 2 nitrogen and oxygen atoms in total. The Morgan fingerprint density at radius 3 is 1.46 bits per heavy atom. The van der Waals surface area contributed by atoms with E-state index in [0.29, 0.717) is 0 Å². The summed E-state index contributed by atoms with van der Waals surface area (Å²) in [6.07, 6.45) is 3.92. The van der Waals surface area contributed by atoms with Gasteiger partial charge in [0.05, 0.1) is 18.6 Å². The highest BCUT2D eigenvalue weighted by atomic mass is 79.9. The Bertz CT molecular complexity index is 1260. The minimum absolute atomic E-state index is 0.949. The zero-order chi connectivity index (χ0) is 19.4. The largest absolute Gasteiger partial charge is 0.253 e. The van der Waals surface area contributed by atoms with Crippen LogP contribution in [0.4, 0.5) is 0 Å². The number of thiophene rings is 2. The first-order valence-corrected chi connectivity index (χ1v) is 11.9. The van der Waals surface area contributed by atoms with Gasteiger partial charge in [-0.1, -0.05) is 12.1 Å². The molecule has 5 rings (SSSR count). The van der Waals surface area contributed by atoms with Gasteiger partial charge in [-0.05, 0) is 81.1 Å². The van der Waals surface area contributed by atoms with Crippen LogP contribution in [-0.2, 0) is 0 Å². The van der Waals surface area contributed by atoms with Crippen LogP contribution in [0.1, 0.15) is 11.1 Å². The average Bonchev–Trinajstić information content (AvgIpc) is 3.20. The molecule has 0 aliphatic heterocycles. The molecule has 138 valence electrons. The summed E-state index contributed by atoms with van der Waals surface area (Å²) in [6.45, 7) is 4.27. The monoisotopic (exact) mass is 528 g/mol. The van der Waals surface area contributed by atoms with E-state index in [1.807, 2.05) is 12.4 Å². The Kier molecular flexibility index (Phi) is 4.62. The molecule has 0 radical (unpaired) electrons. The van der Waals surface area contributed by atoms with Crippen LogP contribution < -0.4 is 0 Å². The van der Waals surface area contributed by atoms with E-state index in [2.05, 4.69) is 82.1 Å². The molecule has 0 bridgehead atoms. The molecule has 0 aliphatic carbocycles. The highest BCUT2D eigenvalue weighted by molar-refractivity contribution is 9.11. The van der Waals surface area contributed by atoms with Crippen molar-refractivity contribution >= 4 is 76.3 Å². The lowest BCUT2D eigenvalue weighted by Crippen LogP contribution is -1.88. The van der Waals surface area contributed by atoms with Gasteiger partial charge in [0.15, 0.2) is 0 Å². The van der Waals surface area contributed by atoms with Crippen molar-refractivity contribution in [3.8, 4) is 20.9 Å². The van der Waals surface area contributed by atoms with Crippen molar-refractivity contribution in [2.45, 2.75) is 13.8 Å². The minimum Gasteiger partial charge on any atom is -0.253 e. The van der Waals surface area contributed by atoms with Crippen molar-refractivity contribution in [1.29, 1.82) is 0 Å². The summed E-state index contributed by atoms with van der Waals surface area (Å²) in [7, 11) is 0. The van der Waals surface area contributed by atoms with Crippen molar-refractivity contribution in [1.82, 2.24) is 9.97 Å². The van der Waals surface area contributed by atoms with Crippen molar-refractivity contribution < 1.29 is 0 Å². The highest BCUT2D eigenvalue weighted by Gasteiger charge is 2.12. The van der Waals surface area contributed by atoms with E-state index in [1.54, 1.807) is 22.7 Å². The van der Waals surface area contributed by atoms with Crippen molar-refractivity contribution in [2.75, 3.05) is 0 Å². The zero-order valence-electron chi connectivity index (χ0n) is 15.1. The van der Waals surface area contributed by atoms with Crippen LogP contribution in [0.15, 0.2) is 56.4 Å². The second-order valence-corrected chi connectivity index (χ2v) is 11.6. The highest BCUT2D eigenvalue weighted by Crippen LogP contribution is 2.38. The Morgan fingerprint density at radius 1 is 0.679 bits per heavy atom. The summed E-state index contributed by atoms with van der Waals surface area (Å²) in [5, 5.41) is 2.23.